The van der Waals surface area contributed by atoms with Gasteiger partial charge in [0.15, 0.2) is 0 Å². The van der Waals surface area contributed by atoms with E-state index in [1.165, 1.54) is 0 Å². The van der Waals surface area contributed by atoms with E-state index in [0.29, 0.717) is 29.6 Å². The Morgan fingerprint density at radius 1 is 1.50 bits per heavy atom. The lowest BCUT2D eigenvalue weighted by Gasteiger charge is -2.22. The van der Waals surface area contributed by atoms with Gasteiger partial charge in [-0.15, -0.1) is 0 Å². The van der Waals surface area contributed by atoms with Crippen molar-refractivity contribution < 1.29 is 9.53 Å². The number of rotatable bonds is 4. The standard InChI is InChI=1S/C14H18Cl2N2O2/c1-18(8-9-4-3-5-11(15)13(9)16)14(19)12-6-10(20-2)7-17-12/h3-5,10,12,17H,6-8H2,1-2H3/t10-,12-/m0/s1. The van der Waals surface area contributed by atoms with E-state index in [-0.39, 0.29) is 18.1 Å². The van der Waals surface area contributed by atoms with Crippen LogP contribution in [0.3, 0.4) is 0 Å². The first kappa shape index (κ1) is 15.6. The molecule has 1 amide bonds. The monoisotopic (exact) mass is 316 g/mol. The fourth-order valence-electron chi connectivity index (χ4n) is 2.34. The van der Waals surface area contributed by atoms with Crippen LogP contribution in [0.2, 0.25) is 10.0 Å². The highest BCUT2D eigenvalue weighted by Crippen LogP contribution is 2.26. The first-order chi connectivity index (χ1) is 9.52. The number of carbonyl (C=O) groups is 1. The first-order valence-corrected chi connectivity index (χ1v) is 7.22. The van der Waals surface area contributed by atoms with Crippen LogP contribution in [0.1, 0.15) is 12.0 Å². The Hall–Kier alpha value is -0.810. The van der Waals surface area contributed by atoms with Crippen molar-refractivity contribution in [1.82, 2.24) is 10.2 Å². The molecule has 1 heterocycles. The lowest BCUT2D eigenvalue weighted by atomic mass is 10.1. The zero-order valence-corrected chi connectivity index (χ0v) is 13.0. The van der Waals surface area contributed by atoms with Gasteiger partial charge >= 0.3 is 0 Å². The molecule has 1 N–H and O–H groups in total. The van der Waals surface area contributed by atoms with Gasteiger partial charge in [-0.1, -0.05) is 35.3 Å². The lowest BCUT2D eigenvalue weighted by molar-refractivity contribution is -0.132. The molecule has 110 valence electrons. The summed E-state index contributed by atoms with van der Waals surface area (Å²) in [5, 5.41) is 4.18. The summed E-state index contributed by atoms with van der Waals surface area (Å²) in [6.45, 7) is 1.15. The average Bonchev–Trinajstić information content (AvgIpc) is 2.91. The molecule has 1 fully saturated rings. The van der Waals surface area contributed by atoms with Crippen molar-refractivity contribution >= 4 is 29.1 Å². The molecule has 1 aliphatic rings. The highest BCUT2D eigenvalue weighted by molar-refractivity contribution is 6.42. The van der Waals surface area contributed by atoms with Gasteiger partial charge in [-0.05, 0) is 18.1 Å². The Bertz CT molecular complexity index is 496. The highest BCUT2D eigenvalue weighted by Gasteiger charge is 2.31. The van der Waals surface area contributed by atoms with Gasteiger partial charge in [0, 0.05) is 27.2 Å². The van der Waals surface area contributed by atoms with E-state index in [4.69, 9.17) is 27.9 Å². The van der Waals surface area contributed by atoms with E-state index in [1.807, 2.05) is 12.1 Å². The maximum Gasteiger partial charge on any atom is 0.239 e. The summed E-state index contributed by atoms with van der Waals surface area (Å²) in [4.78, 5) is 14.0. The number of hydrogen-bond acceptors (Lipinski definition) is 3. The molecule has 4 nitrogen and oxygen atoms in total. The van der Waals surface area contributed by atoms with Gasteiger partial charge in [-0.25, -0.2) is 0 Å². The van der Waals surface area contributed by atoms with Crippen molar-refractivity contribution in [3.05, 3.63) is 33.8 Å². The van der Waals surface area contributed by atoms with Gasteiger partial charge < -0.3 is 15.0 Å². The van der Waals surface area contributed by atoms with Crippen molar-refractivity contribution in [2.75, 3.05) is 20.7 Å². The van der Waals surface area contributed by atoms with Crippen LogP contribution in [-0.2, 0) is 16.1 Å². The third-order valence-corrected chi connectivity index (χ3v) is 4.40. The fourth-order valence-corrected chi connectivity index (χ4v) is 2.72. The van der Waals surface area contributed by atoms with Crippen LogP contribution in [0.5, 0.6) is 0 Å². The van der Waals surface area contributed by atoms with Crippen molar-refractivity contribution in [2.45, 2.75) is 25.1 Å². The summed E-state index contributed by atoms with van der Waals surface area (Å²) in [5.41, 5.74) is 0.844. The van der Waals surface area contributed by atoms with Gasteiger partial charge in [0.1, 0.15) is 0 Å². The fraction of sp³-hybridized carbons (Fsp3) is 0.500. The molecule has 6 heteroatoms. The van der Waals surface area contributed by atoms with Gasteiger partial charge in [-0.2, -0.15) is 0 Å². The van der Waals surface area contributed by atoms with E-state index in [2.05, 4.69) is 5.32 Å². The summed E-state index contributed by atoms with van der Waals surface area (Å²) < 4.78 is 5.25. The molecule has 1 aromatic rings. The molecule has 2 rings (SSSR count). The largest absolute Gasteiger partial charge is 0.380 e. The highest BCUT2D eigenvalue weighted by atomic mass is 35.5. The molecule has 0 radical (unpaired) electrons. The molecular formula is C14H18Cl2N2O2. The number of ether oxygens (including phenoxy) is 1. The molecule has 1 aliphatic heterocycles. The molecule has 0 bridgehead atoms. The molecule has 1 saturated heterocycles. The third kappa shape index (κ3) is 3.44. The normalized spacial score (nSPS) is 22.0. The summed E-state index contributed by atoms with van der Waals surface area (Å²) in [6.07, 6.45) is 0.801. The molecule has 2 atom stereocenters. The quantitative estimate of drug-likeness (QED) is 0.927. The molecule has 0 saturated carbocycles. The molecule has 0 aromatic heterocycles. The molecule has 0 aliphatic carbocycles. The van der Waals surface area contributed by atoms with E-state index in [9.17, 15) is 4.79 Å². The zero-order valence-electron chi connectivity index (χ0n) is 11.5. The summed E-state index contributed by atoms with van der Waals surface area (Å²) in [5.74, 6) is 0.0422. The minimum absolute atomic E-state index is 0.0422. The smallest absolute Gasteiger partial charge is 0.239 e. The molecule has 0 unspecified atom stereocenters. The van der Waals surface area contributed by atoms with Crippen LogP contribution in [0.25, 0.3) is 0 Å². The second kappa shape index (κ2) is 6.76. The maximum absolute atomic E-state index is 12.3. The van der Waals surface area contributed by atoms with Crippen LogP contribution in [0.15, 0.2) is 18.2 Å². The first-order valence-electron chi connectivity index (χ1n) is 6.47. The van der Waals surface area contributed by atoms with Crippen LogP contribution < -0.4 is 5.32 Å². The lowest BCUT2D eigenvalue weighted by Crippen LogP contribution is -2.41. The number of halogens is 2. The van der Waals surface area contributed by atoms with Gasteiger partial charge in [0.2, 0.25) is 5.91 Å². The van der Waals surface area contributed by atoms with Crippen molar-refractivity contribution in [3.8, 4) is 0 Å². The van der Waals surface area contributed by atoms with Crippen LogP contribution in [0, 0.1) is 0 Å². The minimum atomic E-state index is -0.192. The number of methoxy groups -OCH3 is 1. The number of likely N-dealkylation sites (N-methyl/N-ethyl adjacent to an activating group) is 1. The number of nitrogens with one attached hydrogen (secondary N) is 1. The summed E-state index contributed by atoms with van der Waals surface area (Å²) >= 11 is 12.1. The predicted molar refractivity (Wildman–Crippen MR) is 80.1 cm³/mol. The summed E-state index contributed by atoms with van der Waals surface area (Å²) in [6, 6.07) is 5.24. The average molecular weight is 317 g/mol. The van der Waals surface area contributed by atoms with Crippen LogP contribution >= 0.6 is 23.2 Å². The number of benzene rings is 1. The Morgan fingerprint density at radius 3 is 2.90 bits per heavy atom. The Kier molecular flexibility index (Phi) is 5.27. The van der Waals surface area contributed by atoms with Gasteiger partial charge in [0.05, 0.1) is 22.2 Å². The van der Waals surface area contributed by atoms with Crippen LogP contribution in [-0.4, -0.2) is 43.7 Å². The van der Waals surface area contributed by atoms with E-state index < -0.39 is 0 Å². The van der Waals surface area contributed by atoms with Crippen molar-refractivity contribution in [1.29, 1.82) is 0 Å². The van der Waals surface area contributed by atoms with Gasteiger partial charge in [-0.3, -0.25) is 4.79 Å². The molecule has 20 heavy (non-hydrogen) atoms. The summed E-state index contributed by atoms with van der Waals surface area (Å²) in [7, 11) is 3.43. The van der Waals surface area contributed by atoms with Crippen molar-refractivity contribution in [3.63, 3.8) is 0 Å². The Morgan fingerprint density at radius 2 is 2.25 bits per heavy atom. The Balaban J connectivity index is 1.99. The second-order valence-electron chi connectivity index (χ2n) is 4.96. The third-order valence-electron chi connectivity index (χ3n) is 3.54. The van der Waals surface area contributed by atoms with Crippen molar-refractivity contribution in [2.24, 2.45) is 0 Å². The van der Waals surface area contributed by atoms with Crippen LogP contribution in [0.4, 0.5) is 0 Å². The number of nitrogens with zero attached hydrogens (tertiary/aromatic N) is 1. The zero-order chi connectivity index (χ0) is 14.7. The van der Waals surface area contributed by atoms with E-state index in [1.54, 1.807) is 25.1 Å². The Labute approximate surface area is 129 Å². The predicted octanol–water partition coefficient (Wildman–Crippen LogP) is 2.33. The van der Waals surface area contributed by atoms with E-state index in [0.717, 1.165) is 5.56 Å². The molecular weight excluding hydrogens is 299 g/mol. The van der Waals surface area contributed by atoms with Gasteiger partial charge in [0.25, 0.3) is 0 Å². The number of carbonyl (C=O) groups excluding carboxylic acids is 1. The number of hydrogen-bond donors (Lipinski definition) is 1. The molecule has 0 spiro atoms. The second-order valence-corrected chi connectivity index (χ2v) is 5.75. The topological polar surface area (TPSA) is 41.6 Å². The minimum Gasteiger partial charge on any atom is -0.380 e. The molecule has 1 aromatic carbocycles. The van der Waals surface area contributed by atoms with E-state index >= 15 is 0 Å². The SMILES string of the molecule is CO[C@@H]1CN[C@H](C(=O)N(C)Cc2cccc(Cl)c2Cl)C1. The maximum atomic E-state index is 12.3. The number of amides is 1.